The topological polar surface area (TPSA) is 83.5 Å². The smallest absolute Gasteiger partial charge is 0.313 e. The van der Waals surface area contributed by atoms with Gasteiger partial charge in [0.05, 0.1) is 18.1 Å². The van der Waals surface area contributed by atoms with Crippen LogP contribution in [-0.4, -0.2) is 54.2 Å². The number of fused-ring (bicyclic) bond motifs is 8. The van der Waals surface area contributed by atoms with Gasteiger partial charge in [-0.05, 0) is 128 Å². The lowest BCUT2D eigenvalue weighted by atomic mass is 9.33. The van der Waals surface area contributed by atoms with Crippen LogP contribution in [0.25, 0.3) is 0 Å². The van der Waals surface area contributed by atoms with E-state index in [0.717, 1.165) is 63.4 Å². The van der Waals surface area contributed by atoms with Crippen molar-refractivity contribution in [1.82, 2.24) is 0 Å². The van der Waals surface area contributed by atoms with Gasteiger partial charge in [0.2, 0.25) is 0 Å². The summed E-state index contributed by atoms with van der Waals surface area (Å²) in [6.07, 6.45) is 10.7. The van der Waals surface area contributed by atoms with Crippen molar-refractivity contribution in [2.45, 2.75) is 170 Å². The highest BCUT2D eigenvalue weighted by Gasteiger charge is 2.70. The lowest BCUT2D eigenvalue weighted by Gasteiger charge is -2.71. The van der Waals surface area contributed by atoms with Gasteiger partial charge in [0.1, 0.15) is 24.9 Å². The summed E-state index contributed by atoms with van der Waals surface area (Å²) in [6, 6.07) is 10.1. The van der Waals surface area contributed by atoms with E-state index in [1.54, 1.807) is 5.57 Å². The van der Waals surface area contributed by atoms with Crippen molar-refractivity contribution in [3.63, 3.8) is 0 Å². The largest absolute Gasteiger partial charge is 0.460 e. The predicted octanol–water partition coefficient (Wildman–Crippen LogP) is 9.15. The number of hydrogen-bond donors (Lipinski definition) is 1. The molecule has 12 atom stereocenters. The van der Waals surface area contributed by atoms with E-state index in [9.17, 15) is 9.90 Å². The molecular weight excluding hydrogens is 652 g/mol. The van der Waals surface area contributed by atoms with E-state index in [0.29, 0.717) is 25.0 Å². The summed E-state index contributed by atoms with van der Waals surface area (Å²) >= 11 is 0. The molecule has 2 saturated heterocycles. The Kier molecular flexibility index (Phi) is 8.84. The Morgan fingerprint density at radius 2 is 1.60 bits per heavy atom. The minimum Gasteiger partial charge on any atom is -0.460 e. The van der Waals surface area contributed by atoms with Gasteiger partial charge in [0.15, 0.2) is 12.1 Å². The Bertz CT molecular complexity index is 1570. The number of carbonyl (C=O) groups is 1. The molecule has 6 fully saturated rings. The average Bonchev–Trinajstić information content (AvgIpc) is 3.41. The standard InChI is InChI=1S/C45H66O7/c1-39(2)21-23-45(38(47)49-26-28-13-11-10-12-14-28)24-22-43(8)29(30(45)25-39)15-16-33-42(7)19-18-34(40(3,4)32(42)17-20-44(33,43)9)50-37-35(46)36-31(27-48-37)51-41(5,6)52-36/h10-15,30-37,46H,16-27H2,1-9H3/t30?,31?,32-,33+,34-,35?,36?,37?,42-,43+,44+,45-/m0/s1. The maximum absolute atomic E-state index is 14.4. The van der Waals surface area contributed by atoms with Crippen molar-refractivity contribution in [1.29, 1.82) is 0 Å². The first-order valence-electron chi connectivity index (χ1n) is 20.6. The molecule has 0 radical (unpaired) electrons. The van der Waals surface area contributed by atoms with E-state index >= 15 is 0 Å². The minimum absolute atomic E-state index is 0.0200. The third-order valence-corrected chi connectivity index (χ3v) is 16.8. The van der Waals surface area contributed by atoms with Gasteiger partial charge in [-0.1, -0.05) is 90.4 Å². The zero-order chi connectivity index (χ0) is 37.1. The average molecular weight is 719 g/mol. The second kappa shape index (κ2) is 12.4. The maximum Gasteiger partial charge on any atom is 0.313 e. The Labute approximate surface area is 312 Å². The van der Waals surface area contributed by atoms with Crippen molar-refractivity contribution in [2.24, 2.45) is 50.2 Å². The molecule has 7 heteroatoms. The highest BCUT2D eigenvalue weighted by atomic mass is 16.8. The first kappa shape index (κ1) is 37.2. The van der Waals surface area contributed by atoms with Gasteiger partial charge >= 0.3 is 5.97 Å². The Morgan fingerprint density at radius 3 is 2.35 bits per heavy atom. The highest BCUT2D eigenvalue weighted by molar-refractivity contribution is 5.79. The summed E-state index contributed by atoms with van der Waals surface area (Å²) in [5.41, 5.74) is 2.62. The molecule has 7 nitrogen and oxygen atoms in total. The Morgan fingerprint density at radius 1 is 0.865 bits per heavy atom. The molecule has 7 aliphatic rings. The van der Waals surface area contributed by atoms with Crippen LogP contribution in [0.3, 0.4) is 0 Å². The summed E-state index contributed by atoms with van der Waals surface area (Å²) in [5, 5.41) is 11.3. The third kappa shape index (κ3) is 5.55. The molecule has 5 unspecified atom stereocenters. The molecule has 4 saturated carbocycles. The summed E-state index contributed by atoms with van der Waals surface area (Å²) in [6.45, 7) is 21.9. The number of esters is 1. The van der Waals surface area contributed by atoms with Crippen LogP contribution in [0.5, 0.6) is 0 Å². The van der Waals surface area contributed by atoms with Gasteiger partial charge in [0.25, 0.3) is 0 Å². The molecule has 8 rings (SSSR count). The van der Waals surface area contributed by atoms with Gasteiger partial charge in [-0.15, -0.1) is 0 Å². The summed E-state index contributed by atoms with van der Waals surface area (Å²) in [7, 11) is 0. The number of allylic oxidation sites excluding steroid dienone is 2. The van der Waals surface area contributed by atoms with Crippen LogP contribution in [-0.2, 0) is 35.1 Å². The molecule has 1 aromatic rings. The summed E-state index contributed by atoms with van der Waals surface area (Å²) < 4.78 is 31.2. The predicted molar refractivity (Wildman–Crippen MR) is 200 cm³/mol. The van der Waals surface area contributed by atoms with E-state index in [4.69, 9.17) is 23.7 Å². The number of ether oxygens (including phenoxy) is 5. The molecule has 1 aromatic carbocycles. The van der Waals surface area contributed by atoms with Crippen LogP contribution in [0.2, 0.25) is 0 Å². The van der Waals surface area contributed by atoms with Crippen LogP contribution in [0, 0.1) is 50.2 Å². The fourth-order valence-corrected chi connectivity index (χ4v) is 13.7. The lowest BCUT2D eigenvalue weighted by Crippen LogP contribution is -2.65. The van der Waals surface area contributed by atoms with E-state index in [1.165, 1.54) is 6.42 Å². The lowest BCUT2D eigenvalue weighted by molar-refractivity contribution is -0.297. The number of carbonyl (C=O) groups excluding carboxylic acids is 1. The third-order valence-electron chi connectivity index (χ3n) is 16.8. The van der Waals surface area contributed by atoms with Crippen molar-refractivity contribution >= 4 is 5.97 Å². The zero-order valence-corrected chi connectivity index (χ0v) is 33.5. The van der Waals surface area contributed by atoms with E-state index in [2.05, 4.69) is 66.7 Å². The first-order chi connectivity index (χ1) is 24.4. The molecule has 5 aliphatic carbocycles. The second-order valence-electron chi connectivity index (χ2n) is 20.7. The molecule has 0 bridgehead atoms. The number of hydrogen-bond acceptors (Lipinski definition) is 7. The van der Waals surface area contributed by atoms with Gasteiger partial charge in [-0.2, -0.15) is 0 Å². The second-order valence-corrected chi connectivity index (χ2v) is 20.7. The highest BCUT2D eigenvalue weighted by Crippen LogP contribution is 2.76. The number of aliphatic hydroxyl groups is 1. The van der Waals surface area contributed by atoms with Gasteiger partial charge in [-0.25, -0.2) is 0 Å². The van der Waals surface area contributed by atoms with Gasteiger partial charge in [-0.3, -0.25) is 4.79 Å². The number of benzene rings is 1. The van der Waals surface area contributed by atoms with Crippen LogP contribution in [0.1, 0.15) is 132 Å². The fraction of sp³-hybridized carbons (Fsp3) is 0.800. The van der Waals surface area contributed by atoms with E-state index in [-0.39, 0.29) is 51.2 Å². The summed E-state index contributed by atoms with van der Waals surface area (Å²) in [5.74, 6) is 0.548. The summed E-state index contributed by atoms with van der Waals surface area (Å²) in [4.78, 5) is 14.4. The van der Waals surface area contributed by atoms with Crippen molar-refractivity contribution in [3.05, 3.63) is 47.5 Å². The van der Waals surface area contributed by atoms with Gasteiger partial charge in [0, 0.05) is 0 Å². The molecule has 2 heterocycles. The minimum atomic E-state index is -0.889. The molecule has 0 amide bonds. The number of rotatable bonds is 5. The normalized spacial score (nSPS) is 47.1. The Balaban J connectivity index is 1.04. The fourth-order valence-electron chi connectivity index (χ4n) is 13.7. The molecule has 1 N–H and O–H groups in total. The van der Waals surface area contributed by atoms with Crippen LogP contribution >= 0.6 is 0 Å². The number of aliphatic hydroxyl groups excluding tert-OH is 1. The van der Waals surface area contributed by atoms with Crippen molar-refractivity contribution in [2.75, 3.05) is 6.61 Å². The van der Waals surface area contributed by atoms with E-state index in [1.807, 2.05) is 32.0 Å². The molecule has 0 spiro atoms. The first-order valence-corrected chi connectivity index (χ1v) is 20.6. The zero-order valence-electron chi connectivity index (χ0n) is 33.5. The molecule has 0 aromatic heterocycles. The molecule has 52 heavy (non-hydrogen) atoms. The van der Waals surface area contributed by atoms with Crippen LogP contribution < -0.4 is 0 Å². The SMILES string of the molecule is CC1(C)CC[C@]2(C(=O)OCc3ccccc3)CC[C@]3(C)C(=CC[C@@H]4[C@@]5(C)CC[C@H](OC6OCC7OC(C)(C)OC7C6O)C(C)(C)[C@@H]5CC[C@]43C)C2C1. The van der Waals surface area contributed by atoms with Crippen molar-refractivity contribution < 1.29 is 33.6 Å². The molecular formula is C45H66O7. The quantitative estimate of drug-likeness (QED) is 0.185. The molecule has 2 aliphatic heterocycles. The maximum atomic E-state index is 14.4. The van der Waals surface area contributed by atoms with E-state index < -0.39 is 29.7 Å². The van der Waals surface area contributed by atoms with Crippen molar-refractivity contribution in [3.8, 4) is 0 Å². The molecule has 288 valence electrons. The Hall–Kier alpha value is -1.77. The van der Waals surface area contributed by atoms with Gasteiger partial charge < -0.3 is 28.8 Å². The van der Waals surface area contributed by atoms with Crippen LogP contribution in [0.15, 0.2) is 42.0 Å². The van der Waals surface area contributed by atoms with Crippen LogP contribution in [0.4, 0.5) is 0 Å². The monoisotopic (exact) mass is 718 g/mol.